The van der Waals surface area contributed by atoms with Gasteiger partial charge in [-0.1, -0.05) is 11.6 Å². The van der Waals surface area contributed by atoms with Crippen molar-refractivity contribution in [1.29, 1.82) is 0 Å². The average molecular weight is 345 g/mol. The normalized spacial score (nSPS) is 13.3. The number of halogens is 1. The Morgan fingerprint density at radius 1 is 1.65 bits per heavy atom. The first kappa shape index (κ1) is 17.3. The Hall–Kier alpha value is -0.780. The van der Waals surface area contributed by atoms with Gasteiger partial charge in [-0.3, -0.25) is 10.1 Å². The summed E-state index contributed by atoms with van der Waals surface area (Å²) in [5, 5.41) is 19.5. The standard InChI is InChI=1S/C9H13ClN2O6S2/c1-18-5-6(2-3-13)11-20(16,17)8-4-7(12(14)15)9(10)19-8/h4,6,11,13H,2-3,5H2,1H3. The van der Waals surface area contributed by atoms with Gasteiger partial charge in [0.15, 0.2) is 4.34 Å². The van der Waals surface area contributed by atoms with Crippen LogP contribution in [0.3, 0.4) is 0 Å². The van der Waals surface area contributed by atoms with Gasteiger partial charge in [0.05, 0.1) is 11.5 Å². The van der Waals surface area contributed by atoms with Gasteiger partial charge in [0.2, 0.25) is 0 Å². The first-order valence-electron chi connectivity index (χ1n) is 5.37. The van der Waals surface area contributed by atoms with Crippen molar-refractivity contribution >= 4 is 38.6 Å². The third kappa shape index (κ3) is 4.36. The third-order valence-corrected chi connectivity index (χ3v) is 5.61. The van der Waals surface area contributed by atoms with Gasteiger partial charge in [-0.15, -0.1) is 11.3 Å². The molecule has 0 aliphatic carbocycles. The van der Waals surface area contributed by atoms with Crippen LogP contribution in [0, 0.1) is 10.1 Å². The lowest BCUT2D eigenvalue weighted by atomic mass is 10.2. The number of methoxy groups -OCH3 is 1. The molecule has 1 rings (SSSR count). The number of hydrogen-bond acceptors (Lipinski definition) is 7. The predicted octanol–water partition coefficient (Wildman–Crippen LogP) is 0.985. The Balaban J connectivity index is 2.98. The molecule has 0 aromatic carbocycles. The second-order valence-corrected chi connectivity index (χ2v) is 7.36. The van der Waals surface area contributed by atoms with Crippen LogP contribution in [-0.4, -0.2) is 44.8 Å². The van der Waals surface area contributed by atoms with Gasteiger partial charge in [0, 0.05) is 25.8 Å². The Kier molecular flexibility index (Phi) is 6.30. The first-order valence-corrected chi connectivity index (χ1v) is 8.05. The summed E-state index contributed by atoms with van der Waals surface area (Å²) in [6, 6.07) is 0.271. The van der Waals surface area contributed by atoms with Crippen LogP contribution < -0.4 is 4.72 Å². The molecule has 2 N–H and O–H groups in total. The van der Waals surface area contributed by atoms with Crippen LogP contribution in [0.5, 0.6) is 0 Å². The minimum Gasteiger partial charge on any atom is -0.396 e. The topological polar surface area (TPSA) is 119 Å². The number of hydrogen-bond donors (Lipinski definition) is 2. The molecular weight excluding hydrogens is 332 g/mol. The summed E-state index contributed by atoms with van der Waals surface area (Å²) < 4.78 is 30.8. The van der Waals surface area contributed by atoms with Crippen molar-refractivity contribution in [2.24, 2.45) is 0 Å². The maximum atomic E-state index is 12.1. The predicted molar refractivity (Wildman–Crippen MR) is 73.7 cm³/mol. The van der Waals surface area contributed by atoms with Gasteiger partial charge < -0.3 is 9.84 Å². The maximum absolute atomic E-state index is 12.1. The van der Waals surface area contributed by atoms with E-state index in [0.29, 0.717) is 11.3 Å². The summed E-state index contributed by atoms with van der Waals surface area (Å²) in [5.41, 5.74) is -0.456. The molecule has 0 amide bonds. The third-order valence-electron chi connectivity index (χ3n) is 2.27. The molecule has 0 aliphatic heterocycles. The number of nitro groups is 1. The van der Waals surface area contributed by atoms with E-state index in [0.717, 1.165) is 6.07 Å². The molecule has 1 aromatic rings. The van der Waals surface area contributed by atoms with E-state index in [1.54, 1.807) is 0 Å². The fourth-order valence-electron chi connectivity index (χ4n) is 1.41. The van der Waals surface area contributed by atoms with Crippen LogP contribution in [0.1, 0.15) is 6.42 Å². The van der Waals surface area contributed by atoms with E-state index in [-0.39, 0.29) is 28.2 Å². The summed E-state index contributed by atoms with van der Waals surface area (Å²) in [4.78, 5) is 9.90. The number of nitrogens with one attached hydrogen (secondary N) is 1. The number of thiophene rings is 1. The summed E-state index contributed by atoms with van der Waals surface area (Å²) in [5.74, 6) is 0. The van der Waals surface area contributed by atoms with Crippen LogP contribution in [0.15, 0.2) is 10.3 Å². The minimum absolute atomic E-state index is 0.0704. The van der Waals surface area contributed by atoms with E-state index >= 15 is 0 Å². The van der Waals surface area contributed by atoms with E-state index in [1.165, 1.54) is 7.11 Å². The SMILES string of the molecule is COCC(CCO)NS(=O)(=O)c1cc([N+](=O)[O-])c(Cl)s1. The Labute approximate surface area is 124 Å². The summed E-state index contributed by atoms with van der Waals surface area (Å²) in [6.07, 6.45) is 0.161. The zero-order valence-corrected chi connectivity index (χ0v) is 12.8. The van der Waals surface area contributed by atoms with E-state index in [2.05, 4.69) is 4.72 Å². The average Bonchev–Trinajstić information content (AvgIpc) is 2.72. The van der Waals surface area contributed by atoms with Gasteiger partial charge in [-0.2, -0.15) is 0 Å². The highest BCUT2D eigenvalue weighted by atomic mass is 35.5. The van der Waals surface area contributed by atoms with Gasteiger partial charge >= 0.3 is 0 Å². The quantitative estimate of drug-likeness (QED) is 0.536. The van der Waals surface area contributed by atoms with Crippen LogP contribution in [0.4, 0.5) is 5.69 Å². The molecule has 8 nitrogen and oxygen atoms in total. The second-order valence-electron chi connectivity index (χ2n) is 3.77. The fraction of sp³-hybridized carbons (Fsp3) is 0.556. The van der Waals surface area contributed by atoms with Crippen molar-refractivity contribution in [3.8, 4) is 0 Å². The van der Waals surface area contributed by atoms with Crippen LogP contribution in [0.25, 0.3) is 0 Å². The van der Waals surface area contributed by atoms with Crippen molar-refractivity contribution in [2.75, 3.05) is 20.3 Å². The molecule has 1 atom stereocenters. The largest absolute Gasteiger partial charge is 0.396 e. The maximum Gasteiger partial charge on any atom is 0.300 e. The van der Waals surface area contributed by atoms with Crippen molar-refractivity contribution in [2.45, 2.75) is 16.7 Å². The van der Waals surface area contributed by atoms with Gasteiger partial charge in [0.1, 0.15) is 4.21 Å². The molecule has 0 spiro atoms. The molecule has 0 fully saturated rings. The second kappa shape index (κ2) is 7.29. The van der Waals surface area contributed by atoms with Crippen molar-refractivity contribution in [3.05, 3.63) is 20.5 Å². The van der Waals surface area contributed by atoms with Gasteiger partial charge in [-0.05, 0) is 6.42 Å². The van der Waals surface area contributed by atoms with Crippen LogP contribution >= 0.6 is 22.9 Å². The number of nitrogens with zero attached hydrogens (tertiary/aromatic N) is 1. The fourth-order valence-corrected chi connectivity index (χ4v) is 4.34. The molecule has 114 valence electrons. The number of rotatable bonds is 8. The molecule has 0 radical (unpaired) electrons. The number of aliphatic hydroxyl groups is 1. The highest BCUT2D eigenvalue weighted by Gasteiger charge is 2.27. The Bertz CT molecular complexity index is 567. The van der Waals surface area contributed by atoms with E-state index in [9.17, 15) is 18.5 Å². The van der Waals surface area contributed by atoms with Gasteiger partial charge in [0.25, 0.3) is 15.7 Å². The molecule has 1 unspecified atom stereocenters. The molecule has 1 aromatic heterocycles. The summed E-state index contributed by atoms with van der Waals surface area (Å²) >= 11 is 6.22. The molecule has 1 heterocycles. The zero-order chi connectivity index (χ0) is 15.3. The molecule has 11 heteroatoms. The smallest absolute Gasteiger partial charge is 0.300 e. The highest BCUT2D eigenvalue weighted by molar-refractivity contribution is 7.91. The molecule has 0 bridgehead atoms. The monoisotopic (exact) mass is 344 g/mol. The van der Waals surface area contributed by atoms with Crippen molar-refractivity contribution < 1.29 is 23.2 Å². The summed E-state index contributed by atoms with van der Waals surface area (Å²) in [6.45, 7) is -0.150. The lowest BCUT2D eigenvalue weighted by Crippen LogP contribution is -2.38. The zero-order valence-electron chi connectivity index (χ0n) is 10.4. The molecule has 0 saturated carbocycles. The first-order chi connectivity index (χ1) is 9.31. The Morgan fingerprint density at radius 2 is 2.30 bits per heavy atom. The summed E-state index contributed by atoms with van der Waals surface area (Å²) in [7, 11) is -2.56. The minimum atomic E-state index is -3.95. The van der Waals surface area contributed by atoms with Gasteiger partial charge in [-0.25, -0.2) is 13.1 Å². The van der Waals surface area contributed by atoms with Crippen molar-refractivity contribution in [1.82, 2.24) is 4.72 Å². The molecule has 0 saturated heterocycles. The lowest BCUT2D eigenvalue weighted by Gasteiger charge is -2.15. The van der Waals surface area contributed by atoms with E-state index in [1.807, 2.05) is 0 Å². The van der Waals surface area contributed by atoms with E-state index < -0.39 is 26.7 Å². The Morgan fingerprint density at radius 3 is 2.75 bits per heavy atom. The van der Waals surface area contributed by atoms with Crippen molar-refractivity contribution in [3.63, 3.8) is 0 Å². The van der Waals surface area contributed by atoms with E-state index in [4.69, 9.17) is 21.4 Å². The number of sulfonamides is 1. The molecule has 0 aliphatic rings. The number of ether oxygens (including phenoxy) is 1. The lowest BCUT2D eigenvalue weighted by molar-refractivity contribution is -0.384. The van der Waals surface area contributed by atoms with Crippen LogP contribution in [-0.2, 0) is 14.8 Å². The van der Waals surface area contributed by atoms with Crippen LogP contribution in [0.2, 0.25) is 4.34 Å². The molecule has 20 heavy (non-hydrogen) atoms. The number of aliphatic hydroxyl groups excluding tert-OH is 1. The molecular formula is C9H13ClN2O6S2. The highest BCUT2D eigenvalue weighted by Crippen LogP contribution is 2.36.